The molecule has 0 radical (unpaired) electrons. The molecule has 2 heterocycles. The van der Waals surface area contributed by atoms with E-state index in [1.807, 2.05) is 44.2 Å². The number of carbonyl (C=O) groups is 1. The molecular formula is C24H23FN4O2. The van der Waals surface area contributed by atoms with Crippen LogP contribution in [0.3, 0.4) is 0 Å². The molecule has 0 aliphatic carbocycles. The van der Waals surface area contributed by atoms with Crippen LogP contribution in [0.2, 0.25) is 0 Å². The van der Waals surface area contributed by atoms with Gasteiger partial charge in [0.15, 0.2) is 5.65 Å². The van der Waals surface area contributed by atoms with Gasteiger partial charge in [-0.3, -0.25) is 4.79 Å². The quantitative estimate of drug-likeness (QED) is 0.491. The molecule has 0 bridgehead atoms. The minimum absolute atomic E-state index is 0.0898. The number of ether oxygens (including phenoxy) is 1. The molecule has 6 nitrogen and oxygen atoms in total. The van der Waals surface area contributed by atoms with Gasteiger partial charge in [-0.2, -0.15) is 5.10 Å². The second-order valence-corrected chi connectivity index (χ2v) is 7.35. The number of methoxy groups -OCH3 is 1. The molecule has 2 aromatic heterocycles. The first-order valence-corrected chi connectivity index (χ1v) is 10.0. The highest BCUT2D eigenvalue weighted by Gasteiger charge is 2.15. The summed E-state index contributed by atoms with van der Waals surface area (Å²) in [6, 6.07) is 15.4. The van der Waals surface area contributed by atoms with E-state index in [9.17, 15) is 9.18 Å². The lowest BCUT2D eigenvalue weighted by Crippen LogP contribution is -2.14. The van der Waals surface area contributed by atoms with Crippen molar-refractivity contribution in [1.82, 2.24) is 14.6 Å². The minimum Gasteiger partial charge on any atom is -0.497 e. The first-order valence-electron chi connectivity index (χ1n) is 10.0. The highest BCUT2D eigenvalue weighted by molar-refractivity contribution is 5.91. The van der Waals surface area contributed by atoms with Crippen molar-refractivity contribution >= 4 is 17.2 Å². The van der Waals surface area contributed by atoms with Gasteiger partial charge in [-0.05, 0) is 50.1 Å². The summed E-state index contributed by atoms with van der Waals surface area (Å²) >= 11 is 0. The van der Waals surface area contributed by atoms with Crippen LogP contribution >= 0.6 is 0 Å². The number of nitrogens with zero attached hydrogens (tertiary/aromatic N) is 3. The minimum atomic E-state index is -0.307. The van der Waals surface area contributed by atoms with Crippen molar-refractivity contribution in [1.29, 1.82) is 0 Å². The van der Waals surface area contributed by atoms with E-state index in [4.69, 9.17) is 4.74 Å². The van der Waals surface area contributed by atoms with Gasteiger partial charge >= 0.3 is 0 Å². The van der Waals surface area contributed by atoms with Crippen molar-refractivity contribution in [2.45, 2.75) is 26.7 Å². The Balaban J connectivity index is 1.54. The molecule has 4 rings (SSSR count). The highest BCUT2D eigenvalue weighted by atomic mass is 19.1. The third-order valence-electron chi connectivity index (χ3n) is 5.24. The number of aromatic nitrogens is 3. The van der Waals surface area contributed by atoms with Gasteiger partial charge in [-0.25, -0.2) is 13.9 Å². The summed E-state index contributed by atoms with van der Waals surface area (Å²) < 4.78 is 20.5. The number of hydrogen-bond acceptors (Lipinski definition) is 4. The summed E-state index contributed by atoms with van der Waals surface area (Å²) in [5.74, 6) is 0.290. The second-order valence-electron chi connectivity index (χ2n) is 7.35. The fourth-order valence-corrected chi connectivity index (χ4v) is 3.64. The number of anilines is 1. The maximum atomic E-state index is 13.6. The van der Waals surface area contributed by atoms with E-state index in [1.54, 1.807) is 23.8 Å². The Morgan fingerprint density at radius 1 is 1.13 bits per heavy atom. The monoisotopic (exact) mass is 418 g/mol. The molecular weight excluding hydrogens is 395 g/mol. The lowest BCUT2D eigenvalue weighted by molar-refractivity contribution is -0.116. The first-order chi connectivity index (χ1) is 14.9. The fourth-order valence-electron chi connectivity index (χ4n) is 3.64. The zero-order chi connectivity index (χ0) is 22.0. The zero-order valence-corrected chi connectivity index (χ0v) is 17.6. The van der Waals surface area contributed by atoms with Crippen LogP contribution in [0.25, 0.3) is 16.9 Å². The topological polar surface area (TPSA) is 68.5 Å². The molecule has 0 unspecified atom stereocenters. The first kappa shape index (κ1) is 20.5. The predicted octanol–water partition coefficient (Wildman–Crippen LogP) is 4.73. The van der Waals surface area contributed by atoms with Crippen molar-refractivity contribution < 1.29 is 13.9 Å². The van der Waals surface area contributed by atoms with Gasteiger partial charge in [0.2, 0.25) is 5.91 Å². The second kappa shape index (κ2) is 8.55. The van der Waals surface area contributed by atoms with Crippen LogP contribution in [0.4, 0.5) is 10.1 Å². The molecule has 2 aromatic carbocycles. The zero-order valence-electron chi connectivity index (χ0n) is 17.6. The van der Waals surface area contributed by atoms with Crippen LogP contribution in [0.15, 0.2) is 54.6 Å². The largest absolute Gasteiger partial charge is 0.497 e. The van der Waals surface area contributed by atoms with Crippen molar-refractivity contribution in [2.75, 3.05) is 12.4 Å². The maximum absolute atomic E-state index is 13.6. The van der Waals surface area contributed by atoms with Gasteiger partial charge < -0.3 is 10.1 Å². The summed E-state index contributed by atoms with van der Waals surface area (Å²) in [4.78, 5) is 17.1. The SMILES string of the molecule is COc1cccc(NC(=O)CCc2c(C)nc3cc(-c4cccc(F)c4)nn3c2C)c1. The van der Waals surface area contributed by atoms with Gasteiger partial charge in [-0.1, -0.05) is 18.2 Å². The van der Waals surface area contributed by atoms with Crippen molar-refractivity contribution in [2.24, 2.45) is 0 Å². The average molecular weight is 418 g/mol. The summed E-state index contributed by atoms with van der Waals surface area (Å²) in [6.45, 7) is 3.89. The van der Waals surface area contributed by atoms with Crippen molar-refractivity contribution in [3.63, 3.8) is 0 Å². The van der Waals surface area contributed by atoms with E-state index in [-0.39, 0.29) is 11.7 Å². The molecule has 0 saturated carbocycles. The Labute approximate surface area is 179 Å². The van der Waals surface area contributed by atoms with Crippen molar-refractivity contribution in [3.8, 4) is 17.0 Å². The molecule has 1 N–H and O–H groups in total. The summed E-state index contributed by atoms with van der Waals surface area (Å²) in [5, 5.41) is 7.51. The average Bonchev–Trinajstić information content (AvgIpc) is 3.18. The van der Waals surface area contributed by atoms with Crippen LogP contribution in [0, 0.1) is 19.7 Å². The summed E-state index contributed by atoms with van der Waals surface area (Å²) in [6.07, 6.45) is 0.843. The number of aryl methyl sites for hydroxylation is 2. The number of amides is 1. The van der Waals surface area contributed by atoms with E-state index in [2.05, 4.69) is 15.4 Å². The van der Waals surface area contributed by atoms with Crippen molar-refractivity contribution in [3.05, 3.63) is 77.4 Å². The van der Waals surface area contributed by atoms with E-state index < -0.39 is 0 Å². The number of benzene rings is 2. The molecule has 158 valence electrons. The third-order valence-corrected chi connectivity index (χ3v) is 5.24. The smallest absolute Gasteiger partial charge is 0.224 e. The van der Waals surface area contributed by atoms with Crippen LogP contribution in [-0.2, 0) is 11.2 Å². The molecule has 31 heavy (non-hydrogen) atoms. The summed E-state index contributed by atoms with van der Waals surface area (Å²) in [7, 11) is 1.59. The van der Waals surface area contributed by atoms with Crippen LogP contribution < -0.4 is 10.1 Å². The maximum Gasteiger partial charge on any atom is 0.224 e. The Morgan fingerprint density at radius 2 is 1.94 bits per heavy atom. The van der Waals surface area contributed by atoms with E-state index in [1.165, 1.54) is 12.1 Å². The number of hydrogen-bond donors (Lipinski definition) is 1. The van der Waals surface area contributed by atoms with Crippen LogP contribution in [-0.4, -0.2) is 27.6 Å². The molecule has 0 saturated heterocycles. The van der Waals surface area contributed by atoms with Crippen LogP contribution in [0.1, 0.15) is 23.4 Å². The molecule has 0 aliphatic rings. The fraction of sp³-hybridized carbons (Fsp3) is 0.208. The standard InChI is InChI=1S/C24H23FN4O2/c1-15-21(10-11-24(30)27-19-8-5-9-20(13-19)31-3)16(2)29-23(26-15)14-22(28-29)17-6-4-7-18(25)12-17/h4-9,12-14H,10-11H2,1-3H3,(H,27,30). The van der Waals surface area contributed by atoms with Gasteiger partial charge in [0.25, 0.3) is 0 Å². The number of nitrogens with one attached hydrogen (secondary N) is 1. The van der Waals surface area contributed by atoms with Gasteiger partial charge in [0.1, 0.15) is 11.6 Å². The Morgan fingerprint density at radius 3 is 2.71 bits per heavy atom. The third kappa shape index (κ3) is 4.40. The molecule has 0 fully saturated rings. The molecule has 0 atom stereocenters. The van der Waals surface area contributed by atoms with Gasteiger partial charge in [-0.15, -0.1) is 0 Å². The number of halogens is 1. The van der Waals surface area contributed by atoms with E-state index >= 15 is 0 Å². The normalized spacial score (nSPS) is 11.0. The Hall–Kier alpha value is -3.74. The molecule has 0 aliphatic heterocycles. The molecule has 0 spiro atoms. The molecule has 1 amide bonds. The molecule has 7 heteroatoms. The van der Waals surface area contributed by atoms with Gasteiger partial charge in [0, 0.05) is 41.2 Å². The Bertz CT molecular complexity index is 1270. The number of fused-ring (bicyclic) bond motifs is 1. The lowest BCUT2D eigenvalue weighted by Gasteiger charge is -2.11. The highest BCUT2D eigenvalue weighted by Crippen LogP contribution is 2.23. The molecule has 4 aromatic rings. The van der Waals surface area contributed by atoms with Gasteiger partial charge in [0.05, 0.1) is 12.8 Å². The summed E-state index contributed by atoms with van der Waals surface area (Å²) in [5.41, 5.74) is 5.48. The number of carbonyl (C=O) groups excluding carboxylic acids is 1. The van der Waals surface area contributed by atoms with E-state index in [0.717, 1.165) is 17.0 Å². The predicted molar refractivity (Wildman–Crippen MR) is 118 cm³/mol. The van der Waals surface area contributed by atoms with Crippen LogP contribution in [0.5, 0.6) is 5.75 Å². The van der Waals surface area contributed by atoms with E-state index in [0.29, 0.717) is 41.2 Å². The number of rotatable bonds is 6. The lowest BCUT2D eigenvalue weighted by atomic mass is 10.1. The Kier molecular flexibility index (Phi) is 5.66.